The van der Waals surface area contributed by atoms with E-state index < -0.39 is 12.1 Å². The smallest absolute Gasteiger partial charge is 0.355 e. The third kappa shape index (κ3) is 5.18. The highest BCUT2D eigenvalue weighted by Gasteiger charge is 2.06. The number of methoxy groups -OCH3 is 1. The first-order valence-electron chi connectivity index (χ1n) is 3.65. The van der Waals surface area contributed by atoms with Crippen LogP contribution in [-0.2, 0) is 14.4 Å². The quantitative estimate of drug-likeness (QED) is 0.268. The van der Waals surface area contributed by atoms with Crippen LogP contribution in [0.4, 0.5) is 0 Å². The molecular formula is C7H14N2O4. The van der Waals surface area contributed by atoms with Crippen molar-refractivity contribution < 1.29 is 19.5 Å². The predicted molar refractivity (Wildman–Crippen MR) is 45.3 cm³/mol. The van der Waals surface area contributed by atoms with E-state index in [9.17, 15) is 4.79 Å². The summed E-state index contributed by atoms with van der Waals surface area (Å²) in [6.07, 6.45) is -0.766. The Morgan fingerprint density at radius 2 is 2.38 bits per heavy atom. The van der Waals surface area contributed by atoms with Crippen molar-refractivity contribution in [3.63, 3.8) is 0 Å². The molecule has 0 fully saturated rings. The van der Waals surface area contributed by atoms with Gasteiger partial charge in [0.2, 0.25) is 0 Å². The number of hydrogen-bond acceptors (Lipinski definition) is 6. The molecule has 0 aliphatic rings. The molecule has 1 unspecified atom stereocenters. The number of hydroxylamine groups is 1. The van der Waals surface area contributed by atoms with Gasteiger partial charge in [-0.25, -0.2) is 4.79 Å². The fourth-order valence-electron chi connectivity index (χ4n) is 0.458. The highest BCUT2D eigenvalue weighted by atomic mass is 16.7. The lowest BCUT2D eigenvalue weighted by Gasteiger charge is -2.10. The van der Waals surface area contributed by atoms with Crippen LogP contribution in [0.1, 0.15) is 0 Å². The Morgan fingerprint density at radius 1 is 1.77 bits per heavy atom. The lowest BCUT2D eigenvalue weighted by atomic mass is 10.4. The lowest BCUT2D eigenvalue weighted by molar-refractivity contribution is -0.138. The minimum Gasteiger partial charge on any atom is -0.464 e. The minimum absolute atomic E-state index is 0.0213. The molecule has 0 heterocycles. The average Bonchev–Trinajstić information content (AvgIpc) is 2.15. The predicted octanol–water partition coefficient (Wildman–Crippen LogP) is -1.49. The Balaban J connectivity index is 3.53. The Kier molecular flexibility index (Phi) is 5.86. The van der Waals surface area contributed by atoms with Crippen LogP contribution < -0.4 is 11.2 Å². The summed E-state index contributed by atoms with van der Waals surface area (Å²) in [4.78, 5) is 15.4. The molecule has 6 nitrogen and oxygen atoms in total. The van der Waals surface area contributed by atoms with Crippen molar-refractivity contribution in [2.24, 2.45) is 5.73 Å². The van der Waals surface area contributed by atoms with Gasteiger partial charge in [0.05, 0.1) is 13.2 Å². The molecule has 0 spiro atoms. The molecule has 0 saturated carbocycles. The van der Waals surface area contributed by atoms with Gasteiger partial charge >= 0.3 is 5.97 Å². The van der Waals surface area contributed by atoms with Gasteiger partial charge in [-0.05, 0) is 0 Å². The maximum absolute atomic E-state index is 10.7. The van der Waals surface area contributed by atoms with Crippen LogP contribution in [-0.4, -0.2) is 37.4 Å². The van der Waals surface area contributed by atoms with Gasteiger partial charge in [-0.1, -0.05) is 6.58 Å². The van der Waals surface area contributed by atoms with E-state index in [1.165, 1.54) is 7.11 Å². The summed E-state index contributed by atoms with van der Waals surface area (Å²) >= 11 is 0. The molecule has 4 N–H and O–H groups in total. The van der Waals surface area contributed by atoms with Crippen molar-refractivity contribution in [3.05, 3.63) is 12.3 Å². The Hall–Kier alpha value is -1.11. The van der Waals surface area contributed by atoms with E-state index in [1.807, 2.05) is 0 Å². The molecule has 1 atom stereocenters. The molecule has 0 aromatic carbocycles. The van der Waals surface area contributed by atoms with Gasteiger partial charge in [0.15, 0.2) is 0 Å². The molecular weight excluding hydrogens is 176 g/mol. The first-order chi connectivity index (χ1) is 6.11. The summed E-state index contributed by atoms with van der Waals surface area (Å²) < 4.78 is 4.33. The first kappa shape index (κ1) is 11.9. The fourth-order valence-corrected chi connectivity index (χ4v) is 0.458. The van der Waals surface area contributed by atoms with Crippen molar-refractivity contribution in [1.82, 2.24) is 5.48 Å². The summed E-state index contributed by atoms with van der Waals surface area (Å²) in [5.41, 5.74) is 7.28. The molecule has 13 heavy (non-hydrogen) atoms. The molecule has 0 radical (unpaired) electrons. The monoisotopic (exact) mass is 190 g/mol. The van der Waals surface area contributed by atoms with E-state index in [4.69, 9.17) is 15.7 Å². The minimum atomic E-state index is -0.766. The van der Waals surface area contributed by atoms with E-state index in [2.05, 4.69) is 16.8 Å². The SMILES string of the molecule is C=C(NOCC(O)CN)C(=O)OC. The van der Waals surface area contributed by atoms with Crippen LogP contribution >= 0.6 is 0 Å². The number of ether oxygens (including phenoxy) is 1. The van der Waals surface area contributed by atoms with Gasteiger partial charge in [-0.15, -0.1) is 0 Å². The molecule has 6 heteroatoms. The second-order valence-corrected chi connectivity index (χ2v) is 2.27. The van der Waals surface area contributed by atoms with Crippen molar-refractivity contribution >= 4 is 5.97 Å². The number of carbonyl (C=O) groups excluding carboxylic acids is 1. The number of carbonyl (C=O) groups is 1. The second kappa shape index (κ2) is 6.41. The van der Waals surface area contributed by atoms with Gasteiger partial charge in [0.25, 0.3) is 0 Å². The Morgan fingerprint density at radius 3 is 2.85 bits per heavy atom. The van der Waals surface area contributed by atoms with Crippen LogP contribution in [0.15, 0.2) is 12.3 Å². The molecule has 0 aliphatic heterocycles. The fraction of sp³-hybridized carbons (Fsp3) is 0.571. The number of rotatable bonds is 6. The molecule has 0 aliphatic carbocycles. The van der Waals surface area contributed by atoms with Crippen molar-refractivity contribution in [1.29, 1.82) is 0 Å². The first-order valence-corrected chi connectivity index (χ1v) is 3.65. The normalized spacial score (nSPS) is 11.9. The summed E-state index contributed by atoms with van der Waals surface area (Å²) in [6.45, 7) is 3.39. The van der Waals surface area contributed by atoms with Gasteiger partial charge in [-0.2, -0.15) is 0 Å². The lowest BCUT2D eigenvalue weighted by Crippen LogP contribution is -2.30. The van der Waals surface area contributed by atoms with E-state index in [0.29, 0.717) is 0 Å². The third-order valence-electron chi connectivity index (χ3n) is 1.17. The highest BCUT2D eigenvalue weighted by molar-refractivity contribution is 5.86. The standard InChI is InChI=1S/C7H14N2O4/c1-5(7(11)12-2)9-13-4-6(10)3-8/h6,9-10H,1,3-4,8H2,2H3. The molecule has 0 aromatic heterocycles. The summed E-state index contributed by atoms with van der Waals surface area (Å²) in [6, 6.07) is 0. The van der Waals surface area contributed by atoms with E-state index in [0.717, 1.165) is 0 Å². The number of aliphatic hydroxyl groups is 1. The highest BCUT2D eigenvalue weighted by Crippen LogP contribution is 1.88. The second-order valence-electron chi connectivity index (χ2n) is 2.27. The van der Waals surface area contributed by atoms with Crippen LogP contribution in [0.3, 0.4) is 0 Å². The maximum atomic E-state index is 10.7. The van der Waals surface area contributed by atoms with E-state index in [-0.39, 0.29) is 18.8 Å². The summed E-state index contributed by atoms with van der Waals surface area (Å²) in [5, 5.41) is 8.93. The molecule has 0 amide bonds. The maximum Gasteiger partial charge on any atom is 0.355 e. The van der Waals surface area contributed by atoms with Crippen LogP contribution in [0.25, 0.3) is 0 Å². The molecule has 0 saturated heterocycles. The number of aliphatic hydroxyl groups excluding tert-OH is 1. The summed E-state index contributed by atoms with van der Waals surface area (Å²) in [5.74, 6) is -0.623. The third-order valence-corrected chi connectivity index (χ3v) is 1.17. The van der Waals surface area contributed by atoms with Crippen LogP contribution in [0, 0.1) is 0 Å². The van der Waals surface area contributed by atoms with Gasteiger partial charge < -0.3 is 15.6 Å². The van der Waals surface area contributed by atoms with Gasteiger partial charge in [-0.3, -0.25) is 10.3 Å². The molecule has 0 aromatic rings. The zero-order valence-electron chi connectivity index (χ0n) is 7.45. The number of nitrogens with one attached hydrogen (secondary N) is 1. The Labute approximate surface area is 76.3 Å². The van der Waals surface area contributed by atoms with Crippen molar-refractivity contribution in [3.8, 4) is 0 Å². The Bertz CT molecular complexity index is 183. The molecule has 0 bridgehead atoms. The van der Waals surface area contributed by atoms with Crippen LogP contribution in [0.5, 0.6) is 0 Å². The van der Waals surface area contributed by atoms with Crippen molar-refractivity contribution in [2.45, 2.75) is 6.10 Å². The zero-order valence-corrected chi connectivity index (χ0v) is 7.45. The molecule has 76 valence electrons. The molecule has 0 rings (SSSR count). The number of hydrogen-bond donors (Lipinski definition) is 3. The van der Waals surface area contributed by atoms with E-state index in [1.54, 1.807) is 0 Å². The largest absolute Gasteiger partial charge is 0.464 e. The number of esters is 1. The average molecular weight is 190 g/mol. The van der Waals surface area contributed by atoms with E-state index >= 15 is 0 Å². The van der Waals surface area contributed by atoms with Gasteiger partial charge in [0.1, 0.15) is 12.3 Å². The topological polar surface area (TPSA) is 93.8 Å². The van der Waals surface area contributed by atoms with Gasteiger partial charge in [0, 0.05) is 6.54 Å². The van der Waals surface area contributed by atoms with Crippen molar-refractivity contribution in [2.75, 3.05) is 20.3 Å². The van der Waals surface area contributed by atoms with Crippen LogP contribution in [0.2, 0.25) is 0 Å². The number of nitrogens with two attached hydrogens (primary N) is 1. The zero-order chi connectivity index (χ0) is 10.3. The summed E-state index contributed by atoms with van der Waals surface area (Å²) in [7, 11) is 1.23.